The van der Waals surface area contributed by atoms with Crippen molar-refractivity contribution in [3.8, 4) is 5.69 Å². The highest BCUT2D eigenvalue weighted by Crippen LogP contribution is 2.23. The molecule has 0 N–H and O–H groups in total. The number of rotatable bonds is 6. The fourth-order valence-corrected chi connectivity index (χ4v) is 2.86. The van der Waals surface area contributed by atoms with Crippen LogP contribution in [0.5, 0.6) is 0 Å². The second-order valence-corrected chi connectivity index (χ2v) is 6.03. The molecule has 0 bridgehead atoms. The molecule has 1 atom stereocenters. The first-order valence-corrected chi connectivity index (χ1v) is 8.67. The van der Waals surface area contributed by atoms with E-state index >= 15 is 0 Å². The molecule has 0 aliphatic rings. The lowest BCUT2D eigenvalue weighted by atomic mass is 10.1. The SMILES string of the molecule is [2H]C(C)(CSC)C(=O)N(CC)c1cn(-c2cncc(F)c2)nc1C. The van der Waals surface area contributed by atoms with Gasteiger partial charge in [0.15, 0.2) is 0 Å². The number of nitrogens with zero attached hydrogens (tertiary/aromatic N) is 4. The number of aryl methyl sites for hydroxylation is 1. The van der Waals surface area contributed by atoms with Crippen molar-refractivity contribution in [3.05, 3.63) is 36.2 Å². The summed E-state index contributed by atoms with van der Waals surface area (Å²) in [5.74, 6) is -1.54. The third kappa shape index (κ3) is 3.90. The molecule has 0 fully saturated rings. The van der Waals surface area contributed by atoms with Gasteiger partial charge in [-0.1, -0.05) is 6.92 Å². The maximum atomic E-state index is 13.4. The Morgan fingerprint density at radius 3 is 2.91 bits per heavy atom. The van der Waals surface area contributed by atoms with Crippen LogP contribution in [0.15, 0.2) is 24.7 Å². The van der Waals surface area contributed by atoms with Gasteiger partial charge in [-0.05, 0) is 20.1 Å². The van der Waals surface area contributed by atoms with E-state index in [-0.39, 0.29) is 5.91 Å². The van der Waals surface area contributed by atoms with Crippen molar-refractivity contribution in [3.63, 3.8) is 0 Å². The summed E-state index contributed by atoms with van der Waals surface area (Å²) < 4.78 is 23.1. The van der Waals surface area contributed by atoms with E-state index in [1.807, 2.05) is 13.2 Å². The first-order chi connectivity index (χ1) is 11.3. The van der Waals surface area contributed by atoms with E-state index < -0.39 is 11.7 Å². The highest BCUT2D eigenvalue weighted by atomic mass is 32.2. The lowest BCUT2D eigenvalue weighted by Gasteiger charge is -2.23. The molecule has 0 saturated heterocycles. The first-order valence-electron chi connectivity index (χ1n) is 7.78. The van der Waals surface area contributed by atoms with Gasteiger partial charge in [-0.3, -0.25) is 9.78 Å². The van der Waals surface area contributed by atoms with Crippen LogP contribution in [0.2, 0.25) is 0 Å². The summed E-state index contributed by atoms with van der Waals surface area (Å²) in [4.78, 5) is 18.1. The minimum atomic E-state index is -1.22. The zero-order valence-electron chi connectivity index (χ0n) is 14.7. The van der Waals surface area contributed by atoms with Crippen molar-refractivity contribution < 1.29 is 10.6 Å². The molecule has 0 spiro atoms. The highest BCUT2D eigenvalue weighted by molar-refractivity contribution is 7.98. The number of halogens is 1. The normalized spacial score (nSPS) is 14.2. The van der Waals surface area contributed by atoms with Crippen LogP contribution in [0.25, 0.3) is 5.69 Å². The van der Waals surface area contributed by atoms with Crippen molar-refractivity contribution in [1.29, 1.82) is 0 Å². The Hall–Kier alpha value is -1.89. The molecule has 1 unspecified atom stereocenters. The fourth-order valence-electron chi connectivity index (χ4n) is 2.31. The van der Waals surface area contributed by atoms with Crippen LogP contribution in [-0.2, 0) is 4.79 Å². The van der Waals surface area contributed by atoms with E-state index in [0.29, 0.717) is 29.4 Å². The summed E-state index contributed by atoms with van der Waals surface area (Å²) in [5, 5.41) is 4.35. The molecule has 0 aromatic carbocycles. The molecule has 2 aromatic rings. The molecule has 7 heteroatoms. The molecule has 2 aromatic heterocycles. The molecular formula is C16H21FN4OS. The lowest BCUT2D eigenvalue weighted by molar-refractivity contribution is -0.121. The van der Waals surface area contributed by atoms with Crippen LogP contribution in [0.4, 0.5) is 10.1 Å². The van der Waals surface area contributed by atoms with Crippen molar-refractivity contribution in [2.24, 2.45) is 5.89 Å². The molecule has 0 aliphatic heterocycles. The van der Waals surface area contributed by atoms with Gasteiger partial charge in [0.05, 0.1) is 35.7 Å². The second kappa shape index (κ2) is 7.59. The van der Waals surface area contributed by atoms with Crippen LogP contribution in [-0.4, -0.2) is 39.2 Å². The van der Waals surface area contributed by atoms with Gasteiger partial charge >= 0.3 is 0 Å². The Balaban J connectivity index is 2.38. The Morgan fingerprint density at radius 2 is 2.30 bits per heavy atom. The van der Waals surface area contributed by atoms with Crippen molar-refractivity contribution >= 4 is 23.4 Å². The first kappa shape index (κ1) is 16.0. The summed E-state index contributed by atoms with van der Waals surface area (Å²) in [6.07, 6.45) is 6.16. The summed E-state index contributed by atoms with van der Waals surface area (Å²) in [6.45, 7) is 5.68. The van der Waals surface area contributed by atoms with Gasteiger partial charge < -0.3 is 4.90 Å². The number of hydrogen-bond acceptors (Lipinski definition) is 4. The number of aromatic nitrogens is 3. The van der Waals surface area contributed by atoms with Crippen LogP contribution < -0.4 is 4.90 Å². The molecule has 0 radical (unpaired) electrons. The van der Waals surface area contributed by atoms with Crippen molar-refractivity contribution in [1.82, 2.24) is 14.8 Å². The molecule has 2 rings (SSSR count). The van der Waals surface area contributed by atoms with Crippen LogP contribution in [0.1, 0.15) is 20.9 Å². The van der Waals surface area contributed by atoms with E-state index in [9.17, 15) is 9.18 Å². The van der Waals surface area contributed by atoms with E-state index in [0.717, 1.165) is 6.20 Å². The monoisotopic (exact) mass is 337 g/mol. The lowest BCUT2D eigenvalue weighted by Crippen LogP contribution is -2.36. The largest absolute Gasteiger partial charge is 0.309 e. The molecule has 23 heavy (non-hydrogen) atoms. The second-order valence-electron chi connectivity index (χ2n) is 5.17. The Kier molecular flexibility index (Phi) is 5.27. The quantitative estimate of drug-likeness (QED) is 0.813. The van der Waals surface area contributed by atoms with E-state index in [1.165, 1.54) is 28.7 Å². The van der Waals surface area contributed by atoms with Crippen LogP contribution in [0, 0.1) is 18.6 Å². The predicted octanol–water partition coefficient (Wildman–Crippen LogP) is 3.07. The highest BCUT2D eigenvalue weighted by Gasteiger charge is 2.23. The smallest absolute Gasteiger partial charge is 0.230 e. The minimum Gasteiger partial charge on any atom is -0.309 e. The van der Waals surface area contributed by atoms with Gasteiger partial charge in [-0.25, -0.2) is 9.07 Å². The molecule has 2 heterocycles. The Labute approximate surface area is 141 Å². The number of carbonyl (C=O) groups excluding carboxylic acids is 1. The third-order valence-electron chi connectivity index (χ3n) is 3.41. The standard InChI is InChI=1S/C16H21FN4OS/c1-5-20(16(22)11(2)10-23-4)15-9-21(19-12(15)3)14-6-13(17)7-18-8-14/h6-9,11H,5,10H2,1-4H3/i11D. The van der Waals surface area contributed by atoms with Gasteiger partial charge in [-0.2, -0.15) is 16.9 Å². The molecule has 0 aliphatic carbocycles. The van der Waals surface area contributed by atoms with Gasteiger partial charge in [-0.15, -0.1) is 0 Å². The van der Waals surface area contributed by atoms with Crippen molar-refractivity contribution in [2.75, 3.05) is 23.5 Å². The molecular weight excluding hydrogens is 315 g/mol. The molecule has 1 amide bonds. The van der Waals surface area contributed by atoms with Gasteiger partial charge in [0.2, 0.25) is 5.91 Å². The zero-order chi connectivity index (χ0) is 17.9. The topological polar surface area (TPSA) is 51.0 Å². The number of anilines is 1. The average molecular weight is 337 g/mol. The molecule has 124 valence electrons. The van der Waals surface area contributed by atoms with Gasteiger partial charge in [0.25, 0.3) is 0 Å². The van der Waals surface area contributed by atoms with Crippen LogP contribution in [0.3, 0.4) is 0 Å². The molecule has 5 nitrogen and oxygen atoms in total. The Bertz CT molecular complexity index is 735. The maximum Gasteiger partial charge on any atom is 0.230 e. The number of pyridine rings is 1. The third-order valence-corrected chi connectivity index (χ3v) is 4.13. The fraction of sp³-hybridized carbons (Fsp3) is 0.438. The summed E-state index contributed by atoms with van der Waals surface area (Å²) in [7, 11) is 0. The summed E-state index contributed by atoms with van der Waals surface area (Å²) in [6, 6.07) is 1.32. The number of thioether (sulfide) groups is 1. The maximum absolute atomic E-state index is 13.4. The summed E-state index contributed by atoms with van der Waals surface area (Å²) >= 11 is 1.46. The van der Waals surface area contributed by atoms with Gasteiger partial charge in [0.1, 0.15) is 5.82 Å². The number of hydrogen-bond donors (Lipinski definition) is 0. The predicted molar refractivity (Wildman–Crippen MR) is 91.6 cm³/mol. The van der Waals surface area contributed by atoms with E-state index in [1.54, 1.807) is 24.9 Å². The van der Waals surface area contributed by atoms with E-state index in [4.69, 9.17) is 1.37 Å². The Morgan fingerprint density at radius 1 is 1.57 bits per heavy atom. The average Bonchev–Trinajstić information content (AvgIpc) is 2.90. The van der Waals surface area contributed by atoms with Crippen LogP contribution >= 0.6 is 11.8 Å². The van der Waals surface area contributed by atoms with Crippen molar-refractivity contribution in [2.45, 2.75) is 20.8 Å². The van der Waals surface area contributed by atoms with Gasteiger partial charge in [0, 0.05) is 25.6 Å². The number of carbonyl (C=O) groups is 1. The number of amides is 1. The van der Waals surface area contributed by atoms with E-state index in [2.05, 4.69) is 10.1 Å². The zero-order valence-corrected chi connectivity index (χ0v) is 14.5. The summed E-state index contributed by atoms with van der Waals surface area (Å²) in [5.41, 5.74) is 1.73. The minimum absolute atomic E-state index is 0.278. The molecule has 0 saturated carbocycles.